The molecule has 2 rings (SSSR count). The van der Waals surface area contributed by atoms with Gasteiger partial charge in [-0.1, -0.05) is 17.7 Å². The van der Waals surface area contributed by atoms with E-state index in [-0.39, 0.29) is 6.03 Å². The number of carbonyl (C=O) groups excluding carboxylic acids is 2. The lowest BCUT2D eigenvalue weighted by Crippen LogP contribution is -2.54. The first-order chi connectivity index (χ1) is 10.7. The van der Waals surface area contributed by atoms with Crippen LogP contribution in [0.2, 0.25) is 5.02 Å². The molecule has 0 aliphatic carbocycles. The third-order valence-corrected chi connectivity index (χ3v) is 4.19. The fourth-order valence-electron chi connectivity index (χ4n) is 2.36. The second-order valence-corrected chi connectivity index (χ2v) is 6.55. The number of aryl methyl sites for hydroxylation is 1. The van der Waals surface area contributed by atoms with Gasteiger partial charge in [0, 0.05) is 36.9 Å². The van der Waals surface area contributed by atoms with E-state index < -0.39 is 11.6 Å². The number of halogens is 2. The Morgan fingerprint density at radius 1 is 1.17 bits per heavy atom. The van der Waals surface area contributed by atoms with Crippen LogP contribution in [0.5, 0.6) is 0 Å². The van der Waals surface area contributed by atoms with Crippen molar-refractivity contribution in [3.63, 3.8) is 0 Å². The summed E-state index contributed by atoms with van der Waals surface area (Å²) in [5.41, 5.74) is -0.331. The molecule has 0 spiro atoms. The SMILES string of the molecule is Cc1ccc(NC(=O)N2CCN(C(=O)C(C)(C)F)CC2)cc1Cl. The standard InChI is InChI=1S/C16H21ClFN3O2/c1-11-4-5-12(10-13(11)17)19-15(23)21-8-6-20(7-9-21)14(22)16(2,3)18/h4-5,10H,6-9H2,1-3H3,(H,19,23). The molecule has 3 amide bonds. The highest BCUT2D eigenvalue weighted by atomic mass is 35.5. The minimum Gasteiger partial charge on any atom is -0.336 e. The van der Waals surface area contributed by atoms with Gasteiger partial charge in [-0.3, -0.25) is 4.79 Å². The summed E-state index contributed by atoms with van der Waals surface area (Å²) in [6.07, 6.45) is 0. The lowest BCUT2D eigenvalue weighted by atomic mass is 10.1. The average Bonchev–Trinajstić information content (AvgIpc) is 2.49. The normalized spacial score (nSPS) is 15.5. The van der Waals surface area contributed by atoms with Crippen molar-refractivity contribution in [3.05, 3.63) is 28.8 Å². The number of hydrogen-bond donors (Lipinski definition) is 1. The van der Waals surface area contributed by atoms with Crippen molar-refractivity contribution >= 4 is 29.2 Å². The van der Waals surface area contributed by atoms with Crippen LogP contribution in [-0.2, 0) is 4.79 Å². The molecule has 0 atom stereocenters. The zero-order chi connectivity index (χ0) is 17.2. The van der Waals surface area contributed by atoms with Gasteiger partial charge in [-0.2, -0.15) is 0 Å². The number of amides is 3. The Morgan fingerprint density at radius 2 is 1.74 bits per heavy atom. The van der Waals surface area contributed by atoms with Crippen LogP contribution < -0.4 is 5.32 Å². The van der Waals surface area contributed by atoms with E-state index in [4.69, 9.17) is 11.6 Å². The molecule has 126 valence electrons. The summed E-state index contributed by atoms with van der Waals surface area (Å²) in [4.78, 5) is 27.2. The minimum absolute atomic E-state index is 0.253. The maximum absolute atomic E-state index is 13.7. The number of alkyl halides is 1. The van der Waals surface area contributed by atoms with Crippen LogP contribution in [-0.4, -0.2) is 53.6 Å². The molecule has 1 aliphatic rings. The van der Waals surface area contributed by atoms with E-state index in [2.05, 4.69) is 5.32 Å². The Labute approximate surface area is 140 Å². The van der Waals surface area contributed by atoms with E-state index >= 15 is 0 Å². The molecule has 1 aromatic carbocycles. The van der Waals surface area contributed by atoms with Crippen molar-refractivity contribution in [1.82, 2.24) is 9.80 Å². The van der Waals surface area contributed by atoms with Gasteiger partial charge in [-0.05, 0) is 38.5 Å². The number of nitrogens with zero attached hydrogens (tertiary/aromatic N) is 2. The van der Waals surface area contributed by atoms with E-state index in [1.807, 2.05) is 13.0 Å². The zero-order valence-corrected chi connectivity index (χ0v) is 14.3. The molecular formula is C16H21ClFN3O2. The number of benzene rings is 1. The van der Waals surface area contributed by atoms with Gasteiger partial charge < -0.3 is 15.1 Å². The molecule has 1 N–H and O–H groups in total. The second kappa shape index (κ2) is 6.74. The Morgan fingerprint density at radius 3 is 2.26 bits per heavy atom. The Balaban J connectivity index is 1.91. The van der Waals surface area contributed by atoms with Crippen molar-refractivity contribution in [2.24, 2.45) is 0 Å². The highest BCUT2D eigenvalue weighted by molar-refractivity contribution is 6.31. The molecule has 7 heteroatoms. The first kappa shape index (κ1) is 17.5. The van der Waals surface area contributed by atoms with Crippen molar-refractivity contribution in [1.29, 1.82) is 0 Å². The van der Waals surface area contributed by atoms with Crippen LogP contribution in [0.1, 0.15) is 19.4 Å². The van der Waals surface area contributed by atoms with Crippen molar-refractivity contribution in [3.8, 4) is 0 Å². The summed E-state index contributed by atoms with van der Waals surface area (Å²) in [6, 6.07) is 5.05. The van der Waals surface area contributed by atoms with Gasteiger partial charge >= 0.3 is 6.03 Å². The van der Waals surface area contributed by atoms with Crippen LogP contribution in [0.25, 0.3) is 0 Å². The molecule has 1 fully saturated rings. The maximum atomic E-state index is 13.7. The van der Waals surface area contributed by atoms with Gasteiger partial charge in [0.2, 0.25) is 0 Å². The van der Waals surface area contributed by atoms with E-state index in [0.717, 1.165) is 5.56 Å². The Bertz CT molecular complexity index is 608. The van der Waals surface area contributed by atoms with Gasteiger partial charge in [0.05, 0.1) is 0 Å². The molecule has 0 radical (unpaired) electrons. The lowest BCUT2D eigenvalue weighted by molar-refractivity contribution is -0.143. The van der Waals surface area contributed by atoms with Crippen molar-refractivity contribution in [2.45, 2.75) is 26.4 Å². The molecule has 1 saturated heterocycles. The predicted molar refractivity (Wildman–Crippen MR) is 88.5 cm³/mol. The topological polar surface area (TPSA) is 52.7 Å². The number of urea groups is 1. The van der Waals surface area contributed by atoms with Crippen LogP contribution in [0.4, 0.5) is 14.9 Å². The van der Waals surface area contributed by atoms with E-state index in [9.17, 15) is 14.0 Å². The van der Waals surface area contributed by atoms with Gasteiger partial charge in [0.1, 0.15) is 0 Å². The molecule has 0 bridgehead atoms. The molecule has 1 heterocycles. The van der Waals surface area contributed by atoms with Gasteiger partial charge in [-0.25, -0.2) is 9.18 Å². The van der Waals surface area contributed by atoms with E-state index in [1.165, 1.54) is 18.7 Å². The number of piperazine rings is 1. The average molecular weight is 342 g/mol. The van der Waals surface area contributed by atoms with Crippen molar-refractivity contribution in [2.75, 3.05) is 31.5 Å². The summed E-state index contributed by atoms with van der Waals surface area (Å²) in [5, 5.41) is 3.37. The fourth-order valence-corrected chi connectivity index (χ4v) is 2.54. The van der Waals surface area contributed by atoms with E-state index in [1.54, 1.807) is 17.0 Å². The third-order valence-electron chi connectivity index (χ3n) is 3.79. The lowest BCUT2D eigenvalue weighted by Gasteiger charge is -2.36. The van der Waals surface area contributed by atoms with Crippen LogP contribution >= 0.6 is 11.6 Å². The maximum Gasteiger partial charge on any atom is 0.321 e. The largest absolute Gasteiger partial charge is 0.336 e. The summed E-state index contributed by atoms with van der Waals surface area (Å²) < 4.78 is 13.7. The first-order valence-corrected chi connectivity index (χ1v) is 7.86. The number of nitrogens with one attached hydrogen (secondary N) is 1. The predicted octanol–water partition coefficient (Wildman–Crippen LogP) is 3.07. The van der Waals surface area contributed by atoms with Gasteiger partial charge in [0.15, 0.2) is 5.67 Å². The molecule has 0 aromatic heterocycles. The Hall–Kier alpha value is -1.82. The number of hydrogen-bond acceptors (Lipinski definition) is 2. The summed E-state index contributed by atoms with van der Waals surface area (Å²) in [6.45, 7) is 5.77. The van der Waals surface area contributed by atoms with Crippen LogP contribution in [0, 0.1) is 6.92 Å². The quantitative estimate of drug-likeness (QED) is 0.898. The molecule has 1 aliphatic heterocycles. The highest BCUT2D eigenvalue weighted by Crippen LogP contribution is 2.20. The minimum atomic E-state index is -1.89. The van der Waals surface area contributed by atoms with Gasteiger partial charge in [-0.15, -0.1) is 0 Å². The summed E-state index contributed by atoms with van der Waals surface area (Å²) in [5.74, 6) is -0.539. The molecular weight excluding hydrogens is 321 g/mol. The molecule has 0 saturated carbocycles. The van der Waals surface area contributed by atoms with Crippen LogP contribution in [0.15, 0.2) is 18.2 Å². The monoisotopic (exact) mass is 341 g/mol. The Kier molecular flexibility index (Phi) is 5.14. The van der Waals surface area contributed by atoms with E-state index in [0.29, 0.717) is 36.9 Å². The third kappa shape index (κ3) is 4.34. The molecule has 1 aromatic rings. The number of rotatable bonds is 2. The summed E-state index contributed by atoms with van der Waals surface area (Å²) >= 11 is 6.04. The summed E-state index contributed by atoms with van der Waals surface area (Å²) in [7, 11) is 0. The molecule has 23 heavy (non-hydrogen) atoms. The smallest absolute Gasteiger partial charge is 0.321 e. The number of anilines is 1. The zero-order valence-electron chi connectivity index (χ0n) is 13.5. The molecule has 5 nitrogen and oxygen atoms in total. The fraction of sp³-hybridized carbons (Fsp3) is 0.500. The van der Waals surface area contributed by atoms with Crippen LogP contribution in [0.3, 0.4) is 0 Å². The first-order valence-electron chi connectivity index (χ1n) is 7.49. The van der Waals surface area contributed by atoms with Crippen molar-refractivity contribution < 1.29 is 14.0 Å². The second-order valence-electron chi connectivity index (χ2n) is 6.15. The highest BCUT2D eigenvalue weighted by Gasteiger charge is 2.34. The molecule has 0 unspecified atom stereocenters. The number of carbonyl (C=O) groups is 2. The van der Waals surface area contributed by atoms with Gasteiger partial charge in [0.25, 0.3) is 5.91 Å².